The lowest BCUT2D eigenvalue weighted by Crippen LogP contribution is -2.32. The van der Waals surface area contributed by atoms with Crippen molar-refractivity contribution in [1.82, 2.24) is 14.1 Å². The zero-order valence-corrected chi connectivity index (χ0v) is 13.8. The van der Waals surface area contributed by atoms with Gasteiger partial charge in [-0.2, -0.15) is 4.98 Å². The van der Waals surface area contributed by atoms with Crippen LogP contribution in [0.3, 0.4) is 0 Å². The Morgan fingerprint density at radius 2 is 1.68 bits per heavy atom. The lowest BCUT2D eigenvalue weighted by molar-refractivity contribution is 0.415. The van der Waals surface area contributed by atoms with E-state index in [9.17, 15) is 9.59 Å². The number of fused-ring (bicyclic) bond motifs is 3. The highest BCUT2D eigenvalue weighted by molar-refractivity contribution is 6.07. The number of hydrogen-bond donors (Lipinski definition) is 0. The number of methoxy groups -OCH3 is 1. The first-order valence-corrected chi connectivity index (χ1v) is 7.77. The van der Waals surface area contributed by atoms with Crippen LogP contribution in [-0.4, -0.2) is 21.2 Å². The minimum absolute atomic E-state index is 0.349. The third-order valence-electron chi connectivity index (χ3n) is 4.30. The van der Waals surface area contributed by atoms with Gasteiger partial charge < -0.3 is 4.74 Å². The van der Waals surface area contributed by atoms with E-state index >= 15 is 0 Å². The van der Waals surface area contributed by atoms with Crippen molar-refractivity contribution < 1.29 is 4.74 Å². The number of nitrogens with zero attached hydrogens (tertiary/aromatic N) is 3. The number of benzene rings is 1. The second kappa shape index (κ2) is 5.59. The van der Waals surface area contributed by atoms with Crippen LogP contribution in [-0.2, 0) is 7.05 Å². The van der Waals surface area contributed by atoms with Crippen molar-refractivity contribution in [2.24, 2.45) is 7.05 Å². The molecule has 0 aliphatic heterocycles. The molecular formula is C19H15N3O3. The Balaban J connectivity index is 2.23. The Hall–Kier alpha value is -3.41. The Labute approximate surface area is 142 Å². The molecule has 4 aromatic rings. The van der Waals surface area contributed by atoms with Crippen LogP contribution in [0, 0.1) is 0 Å². The first kappa shape index (κ1) is 15.1. The second-order valence-corrected chi connectivity index (χ2v) is 5.70. The molecule has 0 bridgehead atoms. The van der Waals surface area contributed by atoms with Crippen molar-refractivity contribution in [3.8, 4) is 11.4 Å². The van der Waals surface area contributed by atoms with E-state index in [1.54, 1.807) is 7.11 Å². The molecule has 0 aliphatic rings. The molecular weight excluding hydrogens is 318 g/mol. The minimum Gasteiger partial charge on any atom is -0.497 e. The fraction of sp³-hybridized carbons (Fsp3) is 0.105. The van der Waals surface area contributed by atoms with Gasteiger partial charge in [-0.25, -0.2) is 4.79 Å². The van der Waals surface area contributed by atoms with Crippen molar-refractivity contribution in [3.63, 3.8) is 0 Å². The summed E-state index contributed by atoms with van der Waals surface area (Å²) in [5, 5.41) is 1.19. The Bertz CT molecular complexity index is 1220. The van der Waals surface area contributed by atoms with E-state index in [1.807, 2.05) is 59.2 Å². The quantitative estimate of drug-likeness (QED) is 0.564. The summed E-state index contributed by atoms with van der Waals surface area (Å²) in [6.45, 7) is 0. The van der Waals surface area contributed by atoms with Crippen LogP contribution in [0.2, 0.25) is 0 Å². The van der Waals surface area contributed by atoms with E-state index in [4.69, 9.17) is 4.74 Å². The lowest BCUT2D eigenvalue weighted by Gasteiger charge is -2.07. The van der Waals surface area contributed by atoms with Crippen molar-refractivity contribution in [3.05, 3.63) is 75.4 Å². The molecule has 0 atom stereocenters. The molecule has 0 fully saturated rings. The number of aromatic nitrogens is 3. The van der Waals surface area contributed by atoms with Gasteiger partial charge in [-0.05, 0) is 30.3 Å². The highest BCUT2D eigenvalue weighted by atomic mass is 16.5. The molecule has 0 unspecified atom stereocenters. The highest BCUT2D eigenvalue weighted by Crippen LogP contribution is 2.28. The van der Waals surface area contributed by atoms with Gasteiger partial charge in [-0.3, -0.25) is 13.9 Å². The van der Waals surface area contributed by atoms with Gasteiger partial charge in [0, 0.05) is 18.1 Å². The molecule has 0 aliphatic carbocycles. The molecule has 4 rings (SSSR count). The van der Waals surface area contributed by atoms with Crippen LogP contribution in [0.15, 0.2) is 64.2 Å². The number of ether oxygens (including phenoxy) is 1. The zero-order valence-electron chi connectivity index (χ0n) is 13.8. The molecule has 0 saturated carbocycles. The molecule has 0 N–H and O–H groups in total. The van der Waals surface area contributed by atoms with Gasteiger partial charge in [0.05, 0.1) is 18.0 Å². The van der Waals surface area contributed by atoms with Crippen LogP contribution < -0.4 is 16.0 Å². The van der Waals surface area contributed by atoms with Crippen LogP contribution in [0.5, 0.6) is 5.75 Å². The van der Waals surface area contributed by atoms with E-state index < -0.39 is 5.69 Å². The monoisotopic (exact) mass is 333 g/mol. The maximum absolute atomic E-state index is 12.7. The number of hydrogen-bond acceptors (Lipinski definition) is 4. The summed E-state index contributed by atoms with van der Waals surface area (Å²) in [4.78, 5) is 28.9. The van der Waals surface area contributed by atoms with E-state index in [1.165, 1.54) is 7.05 Å². The Kier molecular flexibility index (Phi) is 3.39. The average Bonchev–Trinajstić information content (AvgIpc) is 2.77. The number of rotatable bonds is 2. The fourth-order valence-corrected chi connectivity index (χ4v) is 3.02. The first-order valence-electron chi connectivity index (χ1n) is 7.77. The molecule has 2 heterocycles. The second-order valence-electron chi connectivity index (χ2n) is 5.70. The molecule has 0 saturated heterocycles. The third-order valence-corrected chi connectivity index (χ3v) is 4.30. The summed E-state index contributed by atoms with van der Waals surface area (Å²) >= 11 is 0. The normalized spacial score (nSPS) is 11.1. The molecule has 25 heavy (non-hydrogen) atoms. The van der Waals surface area contributed by atoms with Gasteiger partial charge in [0.25, 0.3) is 5.56 Å². The predicted molar refractivity (Wildman–Crippen MR) is 96.6 cm³/mol. The standard InChI is InChI=1S/C19H15N3O3/c1-21-18(23)16-14-6-4-3-5-7-15(14)22(17(16)20-19(21)24)12-8-10-13(25-2)11-9-12/h3-11H,1-2H3. The molecule has 6 nitrogen and oxygen atoms in total. The Morgan fingerprint density at radius 3 is 2.40 bits per heavy atom. The van der Waals surface area contributed by atoms with Crippen molar-refractivity contribution in [2.45, 2.75) is 0 Å². The summed E-state index contributed by atoms with van der Waals surface area (Å²) < 4.78 is 8.06. The summed E-state index contributed by atoms with van der Waals surface area (Å²) in [6.07, 6.45) is 0. The van der Waals surface area contributed by atoms with Crippen LogP contribution >= 0.6 is 0 Å². The van der Waals surface area contributed by atoms with Crippen molar-refractivity contribution >= 4 is 21.9 Å². The third kappa shape index (κ3) is 2.22. The van der Waals surface area contributed by atoms with Crippen molar-refractivity contribution in [1.29, 1.82) is 0 Å². The van der Waals surface area contributed by atoms with Gasteiger partial charge in [-0.15, -0.1) is 0 Å². The van der Waals surface area contributed by atoms with E-state index in [0.717, 1.165) is 26.9 Å². The smallest absolute Gasteiger partial charge is 0.352 e. The summed E-state index contributed by atoms with van der Waals surface area (Å²) in [5.41, 5.74) is 1.05. The Morgan fingerprint density at radius 1 is 0.960 bits per heavy atom. The van der Waals surface area contributed by atoms with Gasteiger partial charge in [0.1, 0.15) is 5.75 Å². The van der Waals surface area contributed by atoms with Gasteiger partial charge in [0.15, 0.2) is 5.65 Å². The SMILES string of the molecule is COc1ccc(-n2c3cccccc3c3c(=O)n(C)c(=O)nc32)cc1. The molecule has 2 aromatic carbocycles. The molecule has 124 valence electrons. The van der Waals surface area contributed by atoms with Crippen LogP contribution in [0.25, 0.3) is 27.6 Å². The van der Waals surface area contributed by atoms with Gasteiger partial charge in [-0.1, -0.05) is 24.3 Å². The highest BCUT2D eigenvalue weighted by Gasteiger charge is 2.17. The van der Waals surface area contributed by atoms with Crippen molar-refractivity contribution in [2.75, 3.05) is 7.11 Å². The fourth-order valence-electron chi connectivity index (χ4n) is 3.02. The maximum atomic E-state index is 12.7. The molecule has 6 heteroatoms. The van der Waals surface area contributed by atoms with E-state index in [2.05, 4.69) is 4.98 Å². The molecule has 0 amide bonds. The summed E-state index contributed by atoms with van der Waals surface area (Å²) in [7, 11) is 3.04. The predicted octanol–water partition coefficient (Wildman–Crippen LogP) is 2.25. The zero-order chi connectivity index (χ0) is 17.6. The summed E-state index contributed by atoms with van der Waals surface area (Å²) in [5.74, 6) is 0.725. The largest absolute Gasteiger partial charge is 0.497 e. The molecule has 0 spiro atoms. The minimum atomic E-state index is -0.570. The van der Waals surface area contributed by atoms with Crippen LogP contribution in [0.1, 0.15) is 0 Å². The first-order chi connectivity index (χ1) is 12.1. The molecule has 2 aromatic heterocycles. The molecule has 0 radical (unpaired) electrons. The topological polar surface area (TPSA) is 66.1 Å². The van der Waals surface area contributed by atoms with Gasteiger partial charge >= 0.3 is 5.69 Å². The lowest BCUT2D eigenvalue weighted by atomic mass is 10.2. The van der Waals surface area contributed by atoms with E-state index in [-0.39, 0.29) is 5.56 Å². The summed E-state index contributed by atoms with van der Waals surface area (Å²) in [6, 6.07) is 16.8. The van der Waals surface area contributed by atoms with Crippen LogP contribution in [0.4, 0.5) is 0 Å². The van der Waals surface area contributed by atoms with E-state index in [0.29, 0.717) is 11.0 Å². The van der Waals surface area contributed by atoms with Gasteiger partial charge in [0.2, 0.25) is 0 Å². The average molecular weight is 333 g/mol. The maximum Gasteiger partial charge on any atom is 0.352 e.